The number of nitrogens with zero attached hydrogens (tertiary/aromatic N) is 1. The molecule has 0 radical (unpaired) electrons. The molecular formula is C13H10FNO4. The highest BCUT2D eigenvalue weighted by Gasteiger charge is 2.21. The minimum absolute atomic E-state index is 0.178. The number of halogens is 1. The van der Waals surface area contributed by atoms with Gasteiger partial charge in [0.1, 0.15) is 5.75 Å². The van der Waals surface area contributed by atoms with Crippen molar-refractivity contribution in [3.63, 3.8) is 0 Å². The van der Waals surface area contributed by atoms with Gasteiger partial charge in [-0.2, -0.15) is 4.39 Å². The van der Waals surface area contributed by atoms with Crippen LogP contribution in [-0.4, -0.2) is 10.0 Å². The number of rotatable bonds is 4. The van der Waals surface area contributed by atoms with Crippen molar-refractivity contribution in [2.24, 2.45) is 0 Å². The molecule has 0 spiro atoms. The second-order valence-corrected chi connectivity index (χ2v) is 3.75. The molecule has 0 heterocycles. The van der Waals surface area contributed by atoms with E-state index < -0.39 is 16.4 Å². The van der Waals surface area contributed by atoms with Crippen LogP contribution in [0.5, 0.6) is 11.5 Å². The van der Waals surface area contributed by atoms with Crippen molar-refractivity contribution in [1.82, 2.24) is 0 Å². The summed E-state index contributed by atoms with van der Waals surface area (Å²) >= 11 is 0. The molecule has 0 aliphatic carbocycles. The van der Waals surface area contributed by atoms with Gasteiger partial charge < -0.3 is 9.84 Å². The van der Waals surface area contributed by atoms with Crippen LogP contribution in [-0.2, 0) is 6.61 Å². The lowest BCUT2D eigenvalue weighted by atomic mass is 10.2. The van der Waals surface area contributed by atoms with E-state index in [4.69, 9.17) is 9.84 Å². The smallest absolute Gasteiger partial charge is 0.346 e. The van der Waals surface area contributed by atoms with Gasteiger partial charge in [0.15, 0.2) is 0 Å². The summed E-state index contributed by atoms with van der Waals surface area (Å²) in [5.74, 6) is -0.846. The van der Waals surface area contributed by atoms with Gasteiger partial charge in [0, 0.05) is 0 Å². The first-order valence-corrected chi connectivity index (χ1v) is 5.42. The Morgan fingerprint density at radius 2 is 2.00 bits per heavy atom. The van der Waals surface area contributed by atoms with Gasteiger partial charge in [-0.3, -0.25) is 10.1 Å². The first-order valence-electron chi connectivity index (χ1n) is 5.42. The number of nitro groups is 1. The van der Waals surface area contributed by atoms with Crippen molar-refractivity contribution < 1.29 is 19.2 Å². The third-order valence-electron chi connectivity index (χ3n) is 2.44. The van der Waals surface area contributed by atoms with Crippen molar-refractivity contribution in [3.8, 4) is 11.5 Å². The molecule has 2 rings (SSSR count). The topological polar surface area (TPSA) is 72.6 Å². The van der Waals surface area contributed by atoms with E-state index in [0.717, 1.165) is 6.07 Å². The predicted octanol–water partition coefficient (Wildman–Crippen LogP) is 3.02. The van der Waals surface area contributed by atoms with E-state index >= 15 is 0 Å². The molecule has 0 saturated heterocycles. The first kappa shape index (κ1) is 13.0. The maximum atomic E-state index is 13.4. The second-order valence-electron chi connectivity index (χ2n) is 3.75. The average molecular weight is 263 g/mol. The van der Waals surface area contributed by atoms with Crippen LogP contribution in [0.15, 0.2) is 42.5 Å². The zero-order chi connectivity index (χ0) is 13.8. The van der Waals surface area contributed by atoms with Crippen LogP contribution in [0.1, 0.15) is 5.56 Å². The molecule has 2 aromatic rings. The number of hydrogen-bond donors (Lipinski definition) is 1. The van der Waals surface area contributed by atoms with Crippen LogP contribution in [0, 0.1) is 15.9 Å². The van der Waals surface area contributed by atoms with Gasteiger partial charge in [-0.15, -0.1) is 0 Å². The van der Waals surface area contributed by atoms with Crippen molar-refractivity contribution in [3.05, 3.63) is 64.0 Å². The Labute approximate surface area is 108 Å². The van der Waals surface area contributed by atoms with Crippen molar-refractivity contribution in [2.75, 3.05) is 0 Å². The highest BCUT2D eigenvalue weighted by Crippen LogP contribution is 2.33. The van der Waals surface area contributed by atoms with E-state index in [2.05, 4.69) is 0 Å². The SMILES string of the molecule is O=[N+]([O-])c1c(F)cccc1Oc1cccc(CO)c1. The Morgan fingerprint density at radius 3 is 2.68 bits per heavy atom. The zero-order valence-electron chi connectivity index (χ0n) is 9.75. The number of para-hydroxylation sites is 1. The molecular weight excluding hydrogens is 253 g/mol. The molecule has 0 aliphatic rings. The highest BCUT2D eigenvalue weighted by molar-refractivity contribution is 5.49. The highest BCUT2D eigenvalue weighted by atomic mass is 19.1. The van der Waals surface area contributed by atoms with Crippen LogP contribution in [0.2, 0.25) is 0 Å². The summed E-state index contributed by atoms with van der Waals surface area (Å²) < 4.78 is 18.7. The molecule has 0 saturated carbocycles. The van der Waals surface area contributed by atoms with Gasteiger partial charge in [-0.1, -0.05) is 18.2 Å². The summed E-state index contributed by atoms with van der Waals surface area (Å²) in [5.41, 5.74) is -0.117. The van der Waals surface area contributed by atoms with Crippen LogP contribution in [0.25, 0.3) is 0 Å². The number of aliphatic hydroxyl groups excluding tert-OH is 1. The predicted molar refractivity (Wildman–Crippen MR) is 65.5 cm³/mol. The third kappa shape index (κ3) is 2.86. The average Bonchev–Trinajstić information content (AvgIpc) is 2.38. The fourth-order valence-corrected chi connectivity index (χ4v) is 1.59. The van der Waals surface area contributed by atoms with E-state index in [1.807, 2.05) is 0 Å². The van der Waals surface area contributed by atoms with E-state index in [9.17, 15) is 14.5 Å². The molecule has 0 unspecified atom stereocenters. The van der Waals surface area contributed by atoms with Gasteiger partial charge in [-0.05, 0) is 29.8 Å². The number of nitro benzene ring substituents is 1. The third-order valence-corrected chi connectivity index (χ3v) is 2.44. The summed E-state index contributed by atoms with van der Waals surface area (Å²) in [6.45, 7) is -0.178. The van der Waals surface area contributed by atoms with E-state index in [1.54, 1.807) is 18.2 Å². The van der Waals surface area contributed by atoms with Gasteiger partial charge in [0.05, 0.1) is 11.5 Å². The summed E-state index contributed by atoms with van der Waals surface area (Å²) in [7, 11) is 0. The standard InChI is InChI=1S/C13H10FNO4/c14-11-5-2-6-12(13(11)15(17)18)19-10-4-1-3-9(7-10)8-16/h1-7,16H,8H2. The van der Waals surface area contributed by atoms with Crippen LogP contribution in [0.3, 0.4) is 0 Å². The summed E-state index contributed by atoms with van der Waals surface area (Å²) in [5, 5.41) is 19.8. The van der Waals surface area contributed by atoms with Crippen molar-refractivity contribution in [1.29, 1.82) is 0 Å². The number of aliphatic hydroxyl groups is 1. The molecule has 1 N–H and O–H groups in total. The van der Waals surface area contributed by atoms with Gasteiger partial charge in [0.25, 0.3) is 0 Å². The molecule has 6 heteroatoms. The Bertz CT molecular complexity index is 615. The summed E-state index contributed by atoms with van der Waals surface area (Å²) in [4.78, 5) is 9.97. The molecule has 98 valence electrons. The normalized spacial score (nSPS) is 10.2. The lowest BCUT2D eigenvalue weighted by Gasteiger charge is -2.07. The lowest BCUT2D eigenvalue weighted by Crippen LogP contribution is -1.96. The van der Waals surface area contributed by atoms with Gasteiger partial charge >= 0.3 is 5.69 Å². The Morgan fingerprint density at radius 1 is 1.26 bits per heavy atom. The van der Waals surface area contributed by atoms with E-state index in [0.29, 0.717) is 11.3 Å². The minimum Gasteiger partial charge on any atom is -0.450 e. The molecule has 0 aliphatic heterocycles. The molecule has 0 atom stereocenters. The molecule has 0 fully saturated rings. The lowest BCUT2D eigenvalue weighted by molar-refractivity contribution is -0.388. The molecule has 19 heavy (non-hydrogen) atoms. The fraction of sp³-hybridized carbons (Fsp3) is 0.0769. The maximum Gasteiger partial charge on any atom is 0.346 e. The van der Waals surface area contributed by atoms with Gasteiger partial charge in [-0.25, -0.2) is 0 Å². The first-order chi connectivity index (χ1) is 9.11. The number of hydrogen-bond acceptors (Lipinski definition) is 4. The van der Waals surface area contributed by atoms with E-state index in [-0.39, 0.29) is 12.4 Å². The zero-order valence-corrected chi connectivity index (χ0v) is 9.75. The minimum atomic E-state index is -0.958. The molecule has 0 amide bonds. The maximum absolute atomic E-state index is 13.4. The Kier molecular flexibility index (Phi) is 3.72. The molecule has 0 bridgehead atoms. The quantitative estimate of drug-likeness (QED) is 0.679. The summed E-state index contributed by atoms with van der Waals surface area (Å²) in [6.07, 6.45) is 0. The van der Waals surface area contributed by atoms with Crippen LogP contribution >= 0.6 is 0 Å². The van der Waals surface area contributed by atoms with E-state index in [1.165, 1.54) is 18.2 Å². The van der Waals surface area contributed by atoms with Crippen molar-refractivity contribution in [2.45, 2.75) is 6.61 Å². The monoisotopic (exact) mass is 263 g/mol. The van der Waals surface area contributed by atoms with Crippen LogP contribution in [0.4, 0.5) is 10.1 Å². The van der Waals surface area contributed by atoms with Gasteiger partial charge in [0.2, 0.25) is 11.6 Å². The largest absolute Gasteiger partial charge is 0.450 e. The number of benzene rings is 2. The van der Waals surface area contributed by atoms with Crippen LogP contribution < -0.4 is 4.74 Å². The summed E-state index contributed by atoms with van der Waals surface area (Å²) in [6, 6.07) is 10.0. The Hall–Kier alpha value is -2.47. The second kappa shape index (κ2) is 5.45. The number of ether oxygens (including phenoxy) is 1. The molecule has 5 nitrogen and oxygen atoms in total. The Balaban J connectivity index is 2.38. The molecule has 0 aromatic heterocycles. The van der Waals surface area contributed by atoms with Crippen molar-refractivity contribution >= 4 is 5.69 Å². The fourth-order valence-electron chi connectivity index (χ4n) is 1.59. The molecule has 2 aromatic carbocycles.